The summed E-state index contributed by atoms with van der Waals surface area (Å²) in [4.78, 5) is 0. The maximum Gasteiger partial charge on any atom is 0.0757 e. The van der Waals surface area contributed by atoms with Crippen LogP contribution in [0.15, 0.2) is 36.6 Å². The zero-order valence-corrected chi connectivity index (χ0v) is 14.6. The topological polar surface area (TPSA) is 20.2 Å². The normalized spacial score (nSPS) is 48.4. The number of aliphatic hydroxyl groups is 1. The van der Waals surface area contributed by atoms with Gasteiger partial charge in [-0.1, -0.05) is 44.9 Å². The standard InChI is InChI=1S/C21H32O/c1-5-19(2)11-6-8-17-16(19)9-10-18-20(3,14-15-22)12-7-13-21(17,18)4/h5,8,14-16,18,22H,1,6-7,9-13H2,2-4H3/b15-14+/t16?,18?,19-,20-,21-/m0/s1. The van der Waals surface area contributed by atoms with Crippen molar-refractivity contribution in [1.29, 1.82) is 0 Å². The summed E-state index contributed by atoms with van der Waals surface area (Å²) in [5.74, 6) is 1.34. The van der Waals surface area contributed by atoms with Gasteiger partial charge in [0.15, 0.2) is 0 Å². The lowest BCUT2D eigenvalue weighted by Gasteiger charge is -2.60. The number of hydrogen-bond donors (Lipinski definition) is 1. The molecule has 0 heterocycles. The molecular weight excluding hydrogens is 268 g/mol. The van der Waals surface area contributed by atoms with Gasteiger partial charge >= 0.3 is 0 Å². The molecule has 1 N–H and O–H groups in total. The van der Waals surface area contributed by atoms with Crippen LogP contribution in [0.25, 0.3) is 0 Å². The van der Waals surface area contributed by atoms with Gasteiger partial charge in [-0.2, -0.15) is 0 Å². The second-order valence-electron chi connectivity index (χ2n) is 8.68. The third-order valence-electron chi connectivity index (χ3n) is 7.52. The van der Waals surface area contributed by atoms with E-state index >= 15 is 0 Å². The number of hydrogen-bond acceptors (Lipinski definition) is 1. The Balaban J connectivity index is 2.02. The Morgan fingerprint density at radius 3 is 2.59 bits per heavy atom. The summed E-state index contributed by atoms with van der Waals surface area (Å²) in [6.07, 6.45) is 17.0. The van der Waals surface area contributed by atoms with E-state index in [1.165, 1.54) is 51.2 Å². The van der Waals surface area contributed by atoms with E-state index in [4.69, 9.17) is 0 Å². The molecule has 1 nitrogen and oxygen atoms in total. The molecule has 2 unspecified atom stereocenters. The molecular formula is C21H32O. The second kappa shape index (κ2) is 5.28. The van der Waals surface area contributed by atoms with Crippen LogP contribution in [0.4, 0.5) is 0 Å². The molecule has 0 amide bonds. The van der Waals surface area contributed by atoms with Crippen molar-refractivity contribution in [2.75, 3.05) is 0 Å². The Labute approximate surface area is 136 Å². The van der Waals surface area contributed by atoms with Crippen molar-refractivity contribution < 1.29 is 5.11 Å². The van der Waals surface area contributed by atoms with Gasteiger partial charge in [-0.25, -0.2) is 0 Å². The number of allylic oxidation sites excluding steroid dienone is 4. The first-order valence-corrected chi connectivity index (χ1v) is 9.06. The van der Waals surface area contributed by atoms with Crippen LogP contribution >= 0.6 is 0 Å². The van der Waals surface area contributed by atoms with E-state index in [0.717, 1.165) is 0 Å². The number of fused-ring (bicyclic) bond motifs is 3. The fourth-order valence-corrected chi connectivity index (χ4v) is 6.18. The third kappa shape index (κ3) is 2.12. The maximum absolute atomic E-state index is 9.40. The van der Waals surface area contributed by atoms with Crippen LogP contribution in [-0.4, -0.2) is 5.11 Å². The van der Waals surface area contributed by atoms with Crippen molar-refractivity contribution in [3.05, 3.63) is 36.6 Å². The van der Waals surface area contributed by atoms with Crippen molar-refractivity contribution >= 4 is 0 Å². The van der Waals surface area contributed by atoms with Crippen LogP contribution in [0.2, 0.25) is 0 Å². The molecule has 0 aliphatic heterocycles. The van der Waals surface area contributed by atoms with Crippen molar-refractivity contribution in [2.45, 2.75) is 65.7 Å². The van der Waals surface area contributed by atoms with Crippen LogP contribution in [0, 0.1) is 28.1 Å². The smallest absolute Gasteiger partial charge is 0.0757 e. The summed E-state index contributed by atoms with van der Waals surface area (Å²) < 4.78 is 0. The molecule has 0 spiro atoms. The fourth-order valence-electron chi connectivity index (χ4n) is 6.18. The van der Waals surface area contributed by atoms with Crippen LogP contribution in [-0.2, 0) is 0 Å². The molecule has 5 atom stereocenters. The molecule has 1 heteroatoms. The molecule has 2 fully saturated rings. The summed E-state index contributed by atoms with van der Waals surface area (Å²) in [5, 5.41) is 9.40. The first kappa shape index (κ1) is 15.9. The van der Waals surface area contributed by atoms with Gasteiger partial charge in [0.2, 0.25) is 0 Å². The predicted octanol–water partition coefficient (Wildman–Crippen LogP) is 6.19. The van der Waals surface area contributed by atoms with E-state index in [1.807, 2.05) is 0 Å². The highest BCUT2D eigenvalue weighted by Gasteiger charge is 2.55. The Morgan fingerprint density at radius 1 is 1.14 bits per heavy atom. The minimum absolute atomic E-state index is 0.148. The lowest BCUT2D eigenvalue weighted by molar-refractivity contribution is -0.0105. The van der Waals surface area contributed by atoms with Gasteiger partial charge in [-0.05, 0) is 72.7 Å². The zero-order chi connectivity index (χ0) is 16.0. The summed E-state index contributed by atoms with van der Waals surface area (Å²) in [5.41, 5.74) is 2.45. The average Bonchev–Trinajstić information content (AvgIpc) is 2.48. The lowest BCUT2D eigenvalue weighted by atomic mass is 9.44. The summed E-state index contributed by atoms with van der Waals surface area (Å²) in [6.45, 7) is 11.4. The molecule has 0 bridgehead atoms. The Bertz CT molecular complexity index is 516. The SMILES string of the molecule is C=C[C@@]1(C)CCC=C2C1CCC1[C@@]2(C)CCC[C@@]1(C)/C=C/O. The van der Waals surface area contributed by atoms with E-state index in [0.29, 0.717) is 17.3 Å². The largest absolute Gasteiger partial charge is 0.516 e. The Morgan fingerprint density at radius 2 is 1.91 bits per heavy atom. The highest BCUT2D eigenvalue weighted by atomic mass is 16.2. The average molecular weight is 300 g/mol. The first-order chi connectivity index (χ1) is 10.4. The number of rotatable bonds is 2. The lowest BCUT2D eigenvalue weighted by Crippen LogP contribution is -2.51. The molecule has 0 aromatic heterocycles. The molecule has 0 saturated heterocycles. The van der Waals surface area contributed by atoms with Crippen LogP contribution in [0.3, 0.4) is 0 Å². The molecule has 122 valence electrons. The quantitative estimate of drug-likeness (QED) is 0.476. The highest BCUT2D eigenvalue weighted by molar-refractivity contribution is 5.31. The van der Waals surface area contributed by atoms with Gasteiger partial charge in [0.1, 0.15) is 0 Å². The van der Waals surface area contributed by atoms with Crippen molar-refractivity contribution in [1.82, 2.24) is 0 Å². The molecule has 22 heavy (non-hydrogen) atoms. The van der Waals surface area contributed by atoms with Crippen LogP contribution in [0.1, 0.15) is 65.7 Å². The minimum atomic E-state index is 0.148. The van der Waals surface area contributed by atoms with Crippen molar-refractivity contribution in [3.63, 3.8) is 0 Å². The van der Waals surface area contributed by atoms with Gasteiger partial charge < -0.3 is 5.11 Å². The van der Waals surface area contributed by atoms with E-state index < -0.39 is 0 Å². The molecule has 0 radical (unpaired) electrons. The fraction of sp³-hybridized carbons (Fsp3) is 0.714. The van der Waals surface area contributed by atoms with Gasteiger partial charge in [0.25, 0.3) is 0 Å². The van der Waals surface area contributed by atoms with Crippen molar-refractivity contribution in [2.24, 2.45) is 28.1 Å². The highest BCUT2D eigenvalue weighted by Crippen LogP contribution is 2.65. The maximum atomic E-state index is 9.40. The number of aliphatic hydroxyl groups excluding tert-OH is 1. The summed E-state index contributed by atoms with van der Waals surface area (Å²) in [7, 11) is 0. The Hall–Kier alpha value is -0.980. The van der Waals surface area contributed by atoms with E-state index in [-0.39, 0.29) is 10.8 Å². The second-order valence-corrected chi connectivity index (χ2v) is 8.68. The van der Waals surface area contributed by atoms with Gasteiger partial charge in [-0.15, -0.1) is 6.58 Å². The molecule has 3 rings (SSSR count). The minimum Gasteiger partial charge on any atom is -0.516 e. The van der Waals surface area contributed by atoms with Crippen molar-refractivity contribution in [3.8, 4) is 0 Å². The first-order valence-electron chi connectivity index (χ1n) is 9.06. The summed E-state index contributed by atoms with van der Waals surface area (Å²) in [6, 6.07) is 0. The predicted molar refractivity (Wildman–Crippen MR) is 93.7 cm³/mol. The van der Waals surface area contributed by atoms with Gasteiger partial charge in [-0.3, -0.25) is 0 Å². The van der Waals surface area contributed by atoms with Gasteiger partial charge in [0.05, 0.1) is 6.26 Å². The van der Waals surface area contributed by atoms with E-state index in [2.05, 4.69) is 45.6 Å². The zero-order valence-electron chi connectivity index (χ0n) is 14.6. The van der Waals surface area contributed by atoms with Crippen LogP contribution < -0.4 is 0 Å². The summed E-state index contributed by atoms with van der Waals surface area (Å²) >= 11 is 0. The molecule has 3 aliphatic carbocycles. The van der Waals surface area contributed by atoms with Gasteiger partial charge in [0, 0.05) is 0 Å². The van der Waals surface area contributed by atoms with Crippen LogP contribution in [0.5, 0.6) is 0 Å². The molecule has 3 aliphatic rings. The Kier molecular flexibility index (Phi) is 3.82. The third-order valence-corrected chi connectivity index (χ3v) is 7.52. The monoisotopic (exact) mass is 300 g/mol. The molecule has 2 saturated carbocycles. The molecule has 0 aromatic carbocycles. The molecule has 0 aromatic rings. The van der Waals surface area contributed by atoms with E-state index in [9.17, 15) is 5.11 Å². The van der Waals surface area contributed by atoms with E-state index in [1.54, 1.807) is 5.57 Å².